The first-order valence-electron chi connectivity index (χ1n) is 5.06. The monoisotopic (exact) mass is 249 g/mol. The summed E-state index contributed by atoms with van der Waals surface area (Å²) in [5.74, 6) is 0.963. The molecule has 0 radical (unpaired) electrons. The van der Waals surface area contributed by atoms with Crippen LogP contribution >= 0.6 is 11.8 Å². The highest BCUT2D eigenvalue weighted by atomic mass is 32.2. The Bertz CT molecular complexity index is 498. The molecule has 0 aromatic carbocycles. The number of nitrogens with one attached hydrogen (secondary N) is 2. The summed E-state index contributed by atoms with van der Waals surface area (Å²) in [4.78, 5) is 19.7. The fraction of sp³-hybridized carbons (Fsp3) is 0.200. The molecule has 6 nitrogen and oxygen atoms in total. The summed E-state index contributed by atoms with van der Waals surface area (Å²) in [5.41, 5.74) is 0.480. The molecule has 2 N–H and O–H groups in total. The van der Waals surface area contributed by atoms with Crippen molar-refractivity contribution in [3.8, 4) is 0 Å². The number of aromatic nitrogens is 4. The minimum atomic E-state index is -0.262. The van der Waals surface area contributed by atoms with Gasteiger partial charge in [0, 0.05) is 12.4 Å². The second-order valence-electron chi connectivity index (χ2n) is 3.10. The van der Waals surface area contributed by atoms with Crippen molar-refractivity contribution in [3.05, 3.63) is 30.1 Å². The number of H-pyrrole nitrogens is 1. The number of carbonyl (C=O) groups excluding carboxylic acids is 1. The van der Waals surface area contributed by atoms with E-state index in [9.17, 15) is 4.79 Å². The van der Waals surface area contributed by atoms with Crippen molar-refractivity contribution in [2.24, 2.45) is 0 Å². The maximum atomic E-state index is 11.7. The Morgan fingerprint density at radius 3 is 3.18 bits per heavy atom. The zero-order valence-corrected chi connectivity index (χ0v) is 9.99. The van der Waals surface area contributed by atoms with Crippen molar-refractivity contribution in [1.29, 1.82) is 0 Å². The molecule has 88 valence electrons. The number of hydrogen-bond donors (Lipinski definition) is 2. The molecule has 0 bridgehead atoms. The van der Waals surface area contributed by atoms with Crippen molar-refractivity contribution in [3.63, 3.8) is 0 Å². The van der Waals surface area contributed by atoms with Gasteiger partial charge in [-0.25, -0.2) is 5.10 Å². The molecule has 0 unspecified atom stereocenters. The average Bonchev–Trinajstić information content (AvgIpc) is 2.78. The van der Waals surface area contributed by atoms with Crippen molar-refractivity contribution >= 4 is 23.6 Å². The first-order chi connectivity index (χ1) is 8.29. The molecule has 2 aromatic rings. The van der Waals surface area contributed by atoms with Gasteiger partial charge in [-0.1, -0.05) is 18.7 Å². The maximum absolute atomic E-state index is 11.7. The normalized spacial score (nSPS) is 10.2. The van der Waals surface area contributed by atoms with Gasteiger partial charge in [0.1, 0.15) is 0 Å². The number of thioether (sulfide) groups is 1. The van der Waals surface area contributed by atoms with Gasteiger partial charge in [-0.2, -0.15) is 4.98 Å². The summed E-state index contributed by atoms with van der Waals surface area (Å²) in [6.07, 6.45) is 3.11. The van der Waals surface area contributed by atoms with Gasteiger partial charge in [0.25, 0.3) is 5.91 Å². The zero-order valence-electron chi connectivity index (χ0n) is 9.17. The van der Waals surface area contributed by atoms with E-state index in [0.717, 1.165) is 5.75 Å². The summed E-state index contributed by atoms with van der Waals surface area (Å²) >= 11 is 1.50. The minimum absolute atomic E-state index is 0.262. The molecule has 0 saturated carbocycles. The maximum Gasteiger partial charge on any atom is 0.259 e. The number of carbonyl (C=O) groups is 1. The highest BCUT2D eigenvalue weighted by molar-refractivity contribution is 7.99. The van der Waals surface area contributed by atoms with E-state index in [1.807, 2.05) is 6.92 Å². The third kappa shape index (κ3) is 3.04. The number of amides is 1. The first kappa shape index (κ1) is 11.6. The molecule has 0 spiro atoms. The number of rotatable bonds is 4. The lowest BCUT2D eigenvalue weighted by Crippen LogP contribution is -2.13. The Balaban J connectivity index is 2.03. The predicted molar refractivity (Wildman–Crippen MR) is 65.0 cm³/mol. The van der Waals surface area contributed by atoms with Gasteiger partial charge < -0.3 is 0 Å². The van der Waals surface area contributed by atoms with Crippen LogP contribution in [0.5, 0.6) is 0 Å². The average molecular weight is 249 g/mol. The van der Waals surface area contributed by atoms with Crippen LogP contribution in [0.1, 0.15) is 17.3 Å². The third-order valence-corrected chi connectivity index (χ3v) is 2.62. The van der Waals surface area contributed by atoms with Crippen LogP contribution in [0.2, 0.25) is 0 Å². The van der Waals surface area contributed by atoms with Crippen LogP contribution in [0.15, 0.2) is 29.7 Å². The lowest BCUT2D eigenvalue weighted by Gasteiger charge is -1.99. The standard InChI is InChI=1S/C10H11N5OS/c1-2-17-10-13-9(14-15-10)12-8(16)7-4-3-5-11-6-7/h3-6H,2H2,1H3,(H2,12,13,14,15,16). The molecule has 2 heterocycles. The first-order valence-corrected chi connectivity index (χ1v) is 6.04. The van der Waals surface area contributed by atoms with Crippen molar-refractivity contribution < 1.29 is 4.79 Å². The lowest BCUT2D eigenvalue weighted by atomic mass is 10.3. The van der Waals surface area contributed by atoms with Gasteiger partial charge in [0.05, 0.1) is 5.56 Å². The van der Waals surface area contributed by atoms with Crippen LogP contribution in [-0.2, 0) is 0 Å². The number of anilines is 1. The summed E-state index contributed by atoms with van der Waals surface area (Å²) in [5, 5.41) is 9.84. The highest BCUT2D eigenvalue weighted by Crippen LogP contribution is 2.13. The second-order valence-corrected chi connectivity index (χ2v) is 4.33. The molecule has 1 amide bonds. The van der Waals surface area contributed by atoms with E-state index in [0.29, 0.717) is 16.7 Å². The van der Waals surface area contributed by atoms with Crippen LogP contribution in [0.25, 0.3) is 0 Å². The molecular weight excluding hydrogens is 238 g/mol. The molecule has 2 rings (SSSR count). The van der Waals surface area contributed by atoms with Crippen LogP contribution < -0.4 is 5.32 Å². The summed E-state index contributed by atoms with van der Waals surface area (Å²) in [7, 11) is 0. The fourth-order valence-corrected chi connectivity index (χ4v) is 1.70. The quantitative estimate of drug-likeness (QED) is 0.803. The number of pyridine rings is 1. The third-order valence-electron chi connectivity index (χ3n) is 1.89. The van der Waals surface area contributed by atoms with Crippen molar-refractivity contribution in [1.82, 2.24) is 20.2 Å². The highest BCUT2D eigenvalue weighted by Gasteiger charge is 2.09. The summed E-state index contributed by atoms with van der Waals surface area (Å²) in [6.45, 7) is 2.01. The summed E-state index contributed by atoms with van der Waals surface area (Å²) < 4.78 is 0. The zero-order chi connectivity index (χ0) is 12.1. The van der Waals surface area contributed by atoms with Gasteiger partial charge in [-0.3, -0.25) is 15.1 Å². The van der Waals surface area contributed by atoms with E-state index < -0.39 is 0 Å². The lowest BCUT2D eigenvalue weighted by molar-refractivity contribution is 0.102. The van der Waals surface area contributed by atoms with Gasteiger partial charge >= 0.3 is 0 Å². The second kappa shape index (κ2) is 5.44. The van der Waals surface area contributed by atoms with E-state index in [-0.39, 0.29) is 5.91 Å². The SMILES string of the molecule is CCSc1n[nH]c(NC(=O)c2cccnc2)n1. The molecule has 7 heteroatoms. The van der Waals surface area contributed by atoms with Crippen LogP contribution in [0.3, 0.4) is 0 Å². The molecule has 17 heavy (non-hydrogen) atoms. The van der Waals surface area contributed by atoms with Crippen molar-refractivity contribution in [2.75, 3.05) is 11.1 Å². The van der Waals surface area contributed by atoms with E-state index >= 15 is 0 Å². The molecule has 0 saturated heterocycles. The molecule has 0 aliphatic rings. The Morgan fingerprint density at radius 1 is 1.59 bits per heavy atom. The van der Waals surface area contributed by atoms with E-state index in [2.05, 4.69) is 25.5 Å². The molecule has 0 aliphatic carbocycles. The Labute approximate surface area is 102 Å². The number of hydrogen-bond acceptors (Lipinski definition) is 5. The van der Waals surface area contributed by atoms with Crippen LogP contribution in [0, 0.1) is 0 Å². The minimum Gasteiger partial charge on any atom is -0.291 e. The fourth-order valence-electron chi connectivity index (χ4n) is 1.17. The van der Waals surface area contributed by atoms with E-state index in [4.69, 9.17) is 0 Å². The Kier molecular flexibility index (Phi) is 3.71. The summed E-state index contributed by atoms with van der Waals surface area (Å²) in [6, 6.07) is 3.38. The van der Waals surface area contributed by atoms with Crippen molar-refractivity contribution in [2.45, 2.75) is 12.1 Å². The van der Waals surface area contributed by atoms with Gasteiger partial charge in [0.15, 0.2) is 0 Å². The van der Waals surface area contributed by atoms with Crippen LogP contribution in [0.4, 0.5) is 5.95 Å². The smallest absolute Gasteiger partial charge is 0.259 e. The molecule has 0 atom stereocenters. The molecular formula is C10H11N5OS. The van der Waals surface area contributed by atoms with E-state index in [1.165, 1.54) is 18.0 Å². The predicted octanol–water partition coefficient (Wildman–Crippen LogP) is 1.56. The van der Waals surface area contributed by atoms with E-state index in [1.54, 1.807) is 18.3 Å². The van der Waals surface area contributed by atoms with Gasteiger partial charge in [0.2, 0.25) is 11.1 Å². The molecule has 0 aliphatic heterocycles. The molecule has 0 fully saturated rings. The largest absolute Gasteiger partial charge is 0.291 e. The van der Waals surface area contributed by atoms with Gasteiger partial charge in [-0.15, -0.1) is 5.10 Å². The molecule has 2 aromatic heterocycles. The Morgan fingerprint density at radius 2 is 2.47 bits per heavy atom. The Hall–Kier alpha value is -1.89. The number of aromatic amines is 1. The number of nitrogens with zero attached hydrogens (tertiary/aromatic N) is 3. The van der Waals surface area contributed by atoms with Crippen LogP contribution in [-0.4, -0.2) is 31.8 Å². The van der Waals surface area contributed by atoms with Gasteiger partial charge in [-0.05, 0) is 17.9 Å². The topological polar surface area (TPSA) is 83.6 Å².